The summed E-state index contributed by atoms with van der Waals surface area (Å²) in [6.07, 6.45) is 1.53. The van der Waals surface area contributed by atoms with E-state index in [2.05, 4.69) is 4.98 Å². The molecule has 19 heavy (non-hydrogen) atoms. The highest BCUT2D eigenvalue weighted by atomic mass is 16.5. The zero-order valence-electron chi connectivity index (χ0n) is 11.9. The van der Waals surface area contributed by atoms with Crippen LogP contribution in [0.15, 0.2) is 12.3 Å². The van der Waals surface area contributed by atoms with E-state index in [1.807, 2.05) is 27.7 Å². The first kappa shape index (κ1) is 15.3. The third kappa shape index (κ3) is 4.77. The number of rotatable bonds is 6. The average Bonchev–Trinajstić information content (AvgIpc) is 2.82. The van der Waals surface area contributed by atoms with Crippen LogP contribution in [0.3, 0.4) is 0 Å². The van der Waals surface area contributed by atoms with Gasteiger partial charge < -0.3 is 14.5 Å². The first-order valence-corrected chi connectivity index (χ1v) is 6.43. The molecule has 5 nitrogen and oxygen atoms in total. The molecule has 0 spiro atoms. The average molecular weight is 267 g/mol. The van der Waals surface area contributed by atoms with Gasteiger partial charge in [-0.2, -0.15) is 0 Å². The van der Waals surface area contributed by atoms with Crippen molar-refractivity contribution in [2.45, 2.75) is 27.7 Å². The van der Waals surface area contributed by atoms with Crippen molar-refractivity contribution in [2.24, 2.45) is 11.8 Å². The first-order chi connectivity index (χ1) is 8.91. The number of hydrogen-bond acceptors (Lipinski definition) is 4. The van der Waals surface area contributed by atoms with Gasteiger partial charge in [0.2, 0.25) is 0 Å². The zero-order valence-corrected chi connectivity index (χ0v) is 11.9. The van der Waals surface area contributed by atoms with Crippen LogP contribution in [0.25, 0.3) is 0 Å². The molecule has 1 rings (SSSR count). The Labute approximate surface area is 113 Å². The Bertz CT molecular complexity index is 396. The molecule has 0 aromatic carbocycles. The molecular weight excluding hydrogens is 246 g/mol. The van der Waals surface area contributed by atoms with Gasteiger partial charge in [-0.1, -0.05) is 27.7 Å². The van der Waals surface area contributed by atoms with Gasteiger partial charge >= 0.3 is 11.9 Å². The molecule has 1 aromatic rings. The lowest BCUT2D eigenvalue weighted by Gasteiger charge is -2.09. The van der Waals surface area contributed by atoms with E-state index in [-0.39, 0.29) is 23.1 Å². The number of carbonyl (C=O) groups excluding carboxylic acids is 2. The summed E-state index contributed by atoms with van der Waals surface area (Å²) in [5.74, 6) is -0.545. The monoisotopic (exact) mass is 267 g/mol. The maximum atomic E-state index is 11.8. The number of H-pyrrole nitrogens is 1. The number of carbonyl (C=O) groups is 2. The summed E-state index contributed by atoms with van der Waals surface area (Å²) in [5, 5.41) is 0. The number of hydrogen-bond donors (Lipinski definition) is 1. The number of aromatic amines is 1. The largest absolute Gasteiger partial charge is 0.462 e. The van der Waals surface area contributed by atoms with E-state index in [0.717, 1.165) is 0 Å². The molecule has 5 heteroatoms. The third-order valence-corrected chi connectivity index (χ3v) is 2.27. The zero-order chi connectivity index (χ0) is 14.4. The quantitative estimate of drug-likeness (QED) is 0.804. The van der Waals surface area contributed by atoms with E-state index in [0.29, 0.717) is 13.2 Å². The fraction of sp³-hybridized carbons (Fsp3) is 0.571. The van der Waals surface area contributed by atoms with Gasteiger partial charge in [-0.05, 0) is 17.9 Å². The van der Waals surface area contributed by atoms with Crippen molar-refractivity contribution in [1.29, 1.82) is 0 Å². The Morgan fingerprint density at radius 1 is 1.05 bits per heavy atom. The molecule has 0 aliphatic rings. The van der Waals surface area contributed by atoms with E-state index in [4.69, 9.17) is 9.47 Å². The highest BCUT2D eigenvalue weighted by Crippen LogP contribution is 2.11. The van der Waals surface area contributed by atoms with Gasteiger partial charge in [-0.15, -0.1) is 0 Å². The molecule has 0 radical (unpaired) electrons. The minimum atomic E-state index is -0.532. The first-order valence-electron chi connectivity index (χ1n) is 6.43. The van der Waals surface area contributed by atoms with Crippen LogP contribution in [-0.4, -0.2) is 30.1 Å². The summed E-state index contributed by atoms with van der Waals surface area (Å²) in [6, 6.07) is 1.52. The van der Waals surface area contributed by atoms with Crippen LogP contribution in [0, 0.1) is 11.8 Å². The van der Waals surface area contributed by atoms with Crippen molar-refractivity contribution in [3.05, 3.63) is 23.5 Å². The van der Waals surface area contributed by atoms with Gasteiger partial charge in [0.25, 0.3) is 0 Å². The lowest BCUT2D eigenvalue weighted by Crippen LogP contribution is -2.16. The summed E-state index contributed by atoms with van der Waals surface area (Å²) in [6.45, 7) is 8.42. The van der Waals surface area contributed by atoms with Crippen LogP contribution >= 0.6 is 0 Å². The molecule has 1 aromatic heterocycles. The number of aromatic nitrogens is 1. The summed E-state index contributed by atoms with van der Waals surface area (Å²) >= 11 is 0. The number of esters is 2. The third-order valence-electron chi connectivity index (χ3n) is 2.27. The van der Waals surface area contributed by atoms with Crippen LogP contribution in [0.4, 0.5) is 0 Å². The summed E-state index contributed by atoms with van der Waals surface area (Å²) in [4.78, 5) is 26.4. The minimum absolute atomic E-state index is 0.148. The predicted octanol–water partition coefficient (Wildman–Crippen LogP) is 2.64. The second-order valence-corrected chi connectivity index (χ2v) is 5.25. The molecule has 0 aliphatic heterocycles. The molecule has 0 atom stereocenters. The molecule has 0 unspecified atom stereocenters. The Balaban J connectivity index is 2.68. The Kier molecular flexibility index (Phi) is 5.60. The van der Waals surface area contributed by atoms with Crippen LogP contribution in [0.2, 0.25) is 0 Å². The van der Waals surface area contributed by atoms with Crippen molar-refractivity contribution >= 4 is 11.9 Å². The summed E-state index contributed by atoms with van der Waals surface area (Å²) < 4.78 is 10.2. The summed E-state index contributed by atoms with van der Waals surface area (Å²) in [5.41, 5.74) is 0.365. The molecule has 106 valence electrons. The molecule has 0 bridgehead atoms. The van der Waals surface area contributed by atoms with Gasteiger partial charge in [0.05, 0.1) is 18.8 Å². The van der Waals surface area contributed by atoms with Crippen molar-refractivity contribution in [3.63, 3.8) is 0 Å². The molecule has 0 amide bonds. The van der Waals surface area contributed by atoms with Gasteiger partial charge in [0, 0.05) is 6.20 Å². The van der Waals surface area contributed by atoms with E-state index in [1.54, 1.807) is 0 Å². The minimum Gasteiger partial charge on any atom is -0.462 e. The van der Waals surface area contributed by atoms with Crippen LogP contribution in [0.1, 0.15) is 48.5 Å². The normalized spacial score (nSPS) is 10.8. The molecular formula is C14H21NO4. The fourth-order valence-corrected chi connectivity index (χ4v) is 1.34. The molecule has 0 saturated carbocycles. The summed E-state index contributed by atoms with van der Waals surface area (Å²) in [7, 11) is 0. The SMILES string of the molecule is CC(C)COC(=O)c1cc[nH]c1C(=O)OCC(C)C. The number of ether oxygens (including phenoxy) is 2. The fourth-order valence-electron chi connectivity index (χ4n) is 1.34. The van der Waals surface area contributed by atoms with Crippen molar-refractivity contribution in [3.8, 4) is 0 Å². The van der Waals surface area contributed by atoms with Crippen LogP contribution in [0.5, 0.6) is 0 Å². The van der Waals surface area contributed by atoms with Gasteiger partial charge in [-0.25, -0.2) is 9.59 Å². The lowest BCUT2D eigenvalue weighted by molar-refractivity contribution is 0.0409. The Morgan fingerprint density at radius 2 is 1.58 bits per heavy atom. The molecule has 0 aliphatic carbocycles. The molecule has 1 N–H and O–H groups in total. The van der Waals surface area contributed by atoms with Crippen LogP contribution < -0.4 is 0 Å². The topological polar surface area (TPSA) is 68.4 Å². The lowest BCUT2D eigenvalue weighted by atomic mass is 10.2. The van der Waals surface area contributed by atoms with Crippen molar-refractivity contribution < 1.29 is 19.1 Å². The standard InChI is InChI=1S/C14H21NO4/c1-9(2)7-18-13(16)11-5-6-15-12(11)14(17)19-8-10(3)4/h5-6,9-10,15H,7-8H2,1-4H3. The Hall–Kier alpha value is -1.78. The van der Waals surface area contributed by atoms with Crippen molar-refractivity contribution in [2.75, 3.05) is 13.2 Å². The maximum Gasteiger partial charge on any atom is 0.355 e. The van der Waals surface area contributed by atoms with Crippen LogP contribution in [-0.2, 0) is 9.47 Å². The highest BCUT2D eigenvalue weighted by molar-refractivity contribution is 6.02. The van der Waals surface area contributed by atoms with Crippen molar-refractivity contribution in [1.82, 2.24) is 4.98 Å². The second kappa shape index (κ2) is 6.97. The Morgan fingerprint density at radius 3 is 2.11 bits per heavy atom. The van der Waals surface area contributed by atoms with Gasteiger partial charge in [0.15, 0.2) is 0 Å². The maximum absolute atomic E-state index is 11.8. The second-order valence-electron chi connectivity index (χ2n) is 5.25. The highest BCUT2D eigenvalue weighted by Gasteiger charge is 2.21. The van der Waals surface area contributed by atoms with E-state index in [1.165, 1.54) is 12.3 Å². The van der Waals surface area contributed by atoms with E-state index in [9.17, 15) is 9.59 Å². The van der Waals surface area contributed by atoms with E-state index < -0.39 is 11.9 Å². The van der Waals surface area contributed by atoms with Gasteiger partial charge in [0.1, 0.15) is 5.69 Å². The number of nitrogens with one attached hydrogen (secondary N) is 1. The smallest absolute Gasteiger partial charge is 0.355 e. The van der Waals surface area contributed by atoms with Gasteiger partial charge in [-0.3, -0.25) is 0 Å². The van der Waals surface area contributed by atoms with E-state index >= 15 is 0 Å². The molecule has 0 fully saturated rings. The molecule has 0 saturated heterocycles. The molecule has 1 heterocycles. The predicted molar refractivity (Wildman–Crippen MR) is 71.0 cm³/mol.